The summed E-state index contributed by atoms with van der Waals surface area (Å²) >= 11 is 0. The molecular formula is C13H13NO4. The number of rotatable bonds is 2. The van der Waals surface area contributed by atoms with Crippen molar-refractivity contribution in [2.75, 3.05) is 20.3 Å². The molecule has 0 spiro atoms. The molecule has 1 saturated heterocycles. The van der Waals surface area contributed by atoms with Gasteiger partial charge in [-0.15, -0.1) is 0 Å². The lowest BCUT2D eigenvalue weighted by molar-refractivity contribution is -0.577. The molecule has 1 aromatic carbocycles. The molecule has 0 amide bonds. The third-order valence-corrected chi connectivity index (χ3v) is 2.96. The topological polar surface area (TPSA) is 54.6 Å². The van der Waals surface area contributed by atoms with Gasteiger partial charge in [-0.25, -0.2) is 0 Å². The van der Waals surface area contributed by atoms with Crippen LogP contribution in [0.3, 0.4) is 0 Å². The number of pyridine rings is 1. The molecule has 2 aromatic rings. The first kappa shape index (κ1) is 11.3. The van der Waals surface area contributed by atoms with E-state index in [1.165, 1.54) is 6.20 Å². The average Bonchev–Trinajstić information content (AvgIpc) is 2.92. The highest BCUT2D eigenvalue weighted by molar-refractivity contribution is 5.77. The fourth-order valence-corrected chi connectivity index (χ4v) is 2.06. The van der Waals surface area contributed by atoms with Crippen molar-refractivity contribution in [1.82, 2.24) is 0 Å². The molecule has 0 unspecified atom stereocenters. The lowest BCUT2D eigenvalue weighted by atomic mass is 10.1. The number of aromatic nitrogens is 1. The highest BCUT2D eigenvalue weighted by Gasteiger charge is 2.22. The van der Waals surface area contributed by atoms with Gasteiger partial charge in [0.1, 0.15) is 5.75 Å². The lowest BCUT2D eigenvalue weighted by Gasteiger charge is -2.10. The average molecular weight is 247 g/mol. The lowest BCUT2D eigenvalue weighted by Crippen LogP contribution is -2.27. The first-order valence-corrected chi connectivity index (χ1v) is 5.72. The molecule has 0 N–H and O–H groups in total. The summed E-state index contributed by atoms with van der Waals surface area (Å²) in [5.74, 6) is 0.660. The molecule has 2 heterocycles. The van der Waals surface area contributed by atoms with Gasteiger partial charge in [-0.1, -0.05) is 0 Å². The van der Waals surface area contributed by atoms with Crippen LogP contribution in [-0.4, -0.2) is 20.3 Å². The van der Waals surface area contributed by atoms with Crippen molar-refractivity contribution < 1.29 is 18.9 Å². The number of hydrogen-bond acceptors (Lipinski definition) is 4. The van der Waals surface area contributed by atoms with Crippen molar-refractivity contribution in [2.45, 2.75) is 6.29 Å². The Bertz CT molecular complexity index is 578. The molecule has 0 radical (unpaired) electrons. The van der Waals surface area contributed by atoms with Crippen LogP contribution < -0.4 is 9.47 Å². The molecule has 0 atom stereocenters. The van der Waals surface area contributed by atoms with Crippen molar-refractivity contribution in [3.05, 3.63) is 41.2 Å². The van der Waals surface area contributed by atoms with Gasteiger partial charge in [-0.3, -0.25) is 0 Å². The summed E-state index contributed by atoms with van der Waals surface area (Å²) < 4.78 is 16.7. The van der Waals surface area contributed by atoms with Gasteiger partial charge in [-0.2, -0.15) is 4.73 Å². The van der Waals surface area contributed by atoms with Gasteiger partial charge < -0.3 is 19.4 Å². The summed E-state index contributed by atoms with van der Waals surface area (Å²) in [5.41, 5.74) is 1.30. The second-order valence-electron chi connectivity index (χ2n) is 4.10. The van der Waals surface area contributed by atoms with E-state index < -0.39 is 6.29 Å². The SMILES string of the molecule is COc1ccc2cc(C3OCCO3)c[n+]([O-])c2c1. The Morgan fingerprint density at radius 1 is 1.28 bits per heavy atom. The number of fused-ring (bicyclic) bond motifs is 1. The van der Waals surface area contributed by atoms with Gasteiger partial charge in [0.2, 0.25) is 5.52 Å². The number of nitrogens with zero attached hydrogens (tertiary/aromatic N) is 1. The van der Waals surface area contributed by atoms with E-state index in [1.807, 2.05) is 18.2 Å². The molecule has 0 saturated carbocycles. The van der Waals surface area contributed by atoms with Gasteiger partial charge in [0.05, 0.1) is 32.0 Å². The van der Waals surface area contributed by atoms with Crippen molar-refractivity contribution >= 4 is 10.9 Å². The summed E-state index contributed by atoms with van der Waals surface area (Å²) in [6, 6.07) is 7.28. The predicted molar refractivity (Wildman–Crippen MR) is 64.1 cm³/mol. The molecule has 1 aliphatic heterocycles. The van der Waals surface area contributed by atoms with E-state index in [-0.39, 0.29) is 0 Å². The molecule has 5 nitrogen and oxygen atoms in total. The quantitative estimate of drug-likeness (QED) is 0.596. The van der Waals surface area contributed by atoms with Gasteiger partial charge in [0.25, 0.3) is 0 Å². The Hall–Kier alpha value is -1.85. The Morgan fingerprint density at radius 2 is 2.06 bits per heavy atom. The number of benzene rings is 1. The van der Waals surface area contributed by atoms with E-state index in [2.05, 4.69) is 0 Å². The minimum Gasteiger partial charge on any atom is -0.618 e. The third kappa shape index (κ3) is 1.87. The first-order valence-electron chi connectivity index (χ1n) is 5.72. The monoisotopic (exact) mass is 247 g/mol. The number of hydrogen-bond donors (Lipinski definition) is 0. The minimum absolute atomic E-state index is 0.434. The Labute approximate surface area is 104 Å². The summed E-state index contributed by atoms with van der Waals surface area (Å²) in [6.45, 7) is 1.12. The summed E-state index contributed by atoms with van der Waals surface area (Å²) in [6.07, 6.45) is 1.05. The standard InChI is InChI=1S/C13H13NO4/c1-16-11-3-2-9-6-10(13-17-4-5-18-13)8-14(15)12(9)7-11/h2-3,6-8,13H,4-5H2,1H3. The van der Waals surface area contributed by atoms with Crippen LogP contribution in [0.4, 0.5) is 0 Å². The van der Waals surface area contributed by atoms with E-state index in [0.29, 0.717) is 24.5 Å². The minimum atomic E-state index is -0.434. The van der Waals surface area contributed by atoms with Crippen molar-refractivity contribution in [3.8, 4) is 5.75 Å². The van der Waals surface area contributed by atoms with Gasteiger partial charge in [-0.05, 0) is 18.2 Å². The normalized spacial score (nSPS) is 16.3. The largest absolute Gasteiger partial charge is 0.618 e. The maximum Gasteiger partial charge on any atom is 0.227 e. The molecular weight excluding hydrogens is 234 g/mol. The highest BCUT2D eigenvalue weighted by atomic mass is 16.7. The van der Waals surface area contributed by atoms with Crippen LogP contribution in [0.2, 0.25) is 0 Å². The molecule has 1 aliphatic rings. The van der Waals surface area contributed by atoms with E-state index in [1.54, 1.807) is 13.2 Å². The van der Waals surface area contributed by atoms with Crippen LogP contribution in [0.5, 0.6) is 5.75 Å². The maximum absolute atomic E-state index is 12.0. The number of ether oxygens (including phenoxy) is 3. The van der Waals surface area contributed by atoms with Crippen molar-refractivity contribution in [2.24, 2.45) is 0 Å². The molecule has 0 aliphatic carbocycles. The van der Waals surface area contributed by atoms with Gasteiger partial charge in [0, 0.05) is 5.39 Å². The molecule has 94 valence electrons. The summed E-state index contributed by atoms with van der Waals surface area (Å²) in [7, 11) is 1.57. The first-order chi connectivity index (χ1) is 8.78. The Morgan fingerprint density at radius 3 is 2.78 bits per heavy atom. The van der Waals surface area contributed by atoms with E-state index >= 15 is 0 Å². The van der Waals surface area contributed by atoms with Crippen LogP contribution in [0.15, 0.2) is 30.5 Å². The van der Waals surface area contributed by atoms with Crippen molar-refractivity contribution in [3.63, 3.8) is 0 Å². The maximum atomic E-state index is 12.0. The zero-order valence-corrected chi connectivity index (χ0v) is 9.96. The van der Waals surface area contributed by atoms with Crippen LogP contribution in [0.1, 0.15) is 11.9 Å². The predicted octanol–water partition coefficient (Wildman–Crippen LogP) is 1.53. The fourth-order valence-electron chi connectivity index (χ4n) is 2.06. The molecule has 5 heteroatoms. The second-order valence-corrected chi connectivity index (χ2v) is 4.10. The summed E-state index contributed by atoms with van der Waals surface area (Å²) in [5, 5.41) is 12.8. The zero-order valence-electron chi connectivity index (χ0n) is 9.96. The van der Waals surface area contributed by atoms with Gasteiger partial charge in [0.15, 0.2) is 12.5 Å². The van der Waals surface area contributed by atoms with E-state index in [9.17, 15) is 5.21 Å². The third-order valence-electron chi connectivity index (χ3n) is 2.96. The van der Waals surface area contributed by atoms with Crippen LogP contribution >= 0.6 is 0 Å². The van der Waals surface area contributed by atoms with Crippen LogP contribution in [-0.2, 0) is 9.47 Å². The van der Waals surface area contributed by atoms with Crippen molar-refractivity contribution in [1.29, 1.82) is 0 Å². The van der Waals surface area contributed by atoms with E-state index in [4.69, 9.17) is 14.2 Å². The van der Waals surface area contributed by atoms with Crippen LogP contribution in [0.25, 0.3) is 10.9 Å². The molecule has 18 heavy (non-hydrogen) atoms. The molecule has 1 aromatic heterocycles. The molecule has 3 rings (SSSR count). The van der Waals surface area contributed by atoms with Crippen LogP contribution in [0, 0.1) is 5.21 Å². The smallest absolute Gasteiger partial charge is 0.227 e. The van der Waals surface area contributed by atoms with E-state index in [0.717, 1.165) is 15.7 Å². The molecule has 1 fully saturated rings. The molecule has 0 bridgehead atoms. The summed E-state index contributed by atoms with van der Waals surface area (Å²) in [4.78, 5) is 0. The highest BCUT2D eigenvalue weighted by Crippen LogP contribution is 2.25. The number of methoxy groups -OCH3 is 1. The van der Waals surface area contributed by atoms with Gasteiger partial charge >= 0.3 is 0 Å². The Kier molecular flexibility index (Phi) is 2.77. The zero-order chi connectivity index (χ0) is 12.5. The fraction of sp³-hybridized carbons (Fsp3) is 0.308. The second kappa shape index (κ2) is 4.44. The Balaban J connectivity index is 2.09.